The molecule has 0 unspecified atom stereocenters. The molecule has 3 aromatic rings. The van der Waals surface area contributed by atoms with Gasteiger partial charge in [-0.3, -0.25) is 9.80 Å². The van der Waals surface area contributed by atoms with E-state index in [9.17, 15) is 4.39 Å². The summed E-state index contributed by atoms with van der Waals surface area (Å²) < 4.78 is 19.7. The molecular weight excluding hydrogens is 341 g/mol. The Labute approximate surface area is 150 Å². The van der Waals surface area contributed by atoms with Gasteiger partial charge in [0.1, 0.15) is 11.3 Å². The molecule has 0 radical (unpaired) electrons. The summed E-state index contributed by atoms with van der Waals surface area (Å²) in [7, 11) is 0. The first-order chi connectivity index (χ1) is 12.2. The second-order valence-corrected chi connectivity index (χ2v) is 6.74. The molecule has 4 nitrogen and oxygen atoms in total. The number of nitrogens with zero attached hydrogens (tertiary/aromatic N) is 3. The lowest BCUT2D eigenvalue weighted by Crippen LogP contribution is -2.45. The lowest BCUT2D eigenvalue weighted by molar-refractivity contribution is 0.114. The third-order valence-electron chi connectivity index (χ3n) is 4.61. The third kappa shape index (κ3) is 3.68. The van der Waals surface area contributed by atoms with Gasteiger partial charge in [-0.15, -0.1) is 0 Å². The first-order valence-electron chi connectivity index (χ1n) is 8.41. The van der Waals surface area contributed by atoms with Gasteiger partial charge in [-0.2, -0.15) is 0 Å². The van der Waals surface area contributed by atoms with Gasteiger partial charge >= 0.3 is 0 Å². The van der Waals surface area contributed by atoms with Gasteiger partial charge in [-0.1, -0.05) is 29.8 Å². The van der Waals surface area contributed by atoms with E-state index in [1.165, 1.54) is 6.07 Å². The van der Waals surface area contributed by atoms with Gasteiger partial charge in [0.2, 0.25) is 5.89 Å². The highest BCUT2D eigenvalue weighted by molar-refractivity contribution is 6.31. The van der Waals surface area contributed by atoms with E-state index in [0.29, 0.717) is 23.7 Å². The van der Waals surface area contributed by atoms with Crippen molar-refractivity contribution in [1.82, 2.24) is 14.8 Å². The van der Waals surface area contributed by atoms with Crippen molar-refractivity contribution in [2.45, 2.75) is 13.1 Å². The Kier molecular flexibility index (Phi) is 4.70. The van der Waals surface area contributed by atoms with Crippen LogP contribution < -0.4 is 0 Å². The molecule has 130 valence electrons. The summed E-state index contributed by atoms with van der Waals surface area (Å²) in [5.41, 5.74) is 2.30. The molecule has 1 saturated heterocycles. The Balaban J connectivity index is 1.35. The monoisotopic (exact) mass is 359 g/mol. The predicted octanol–water partition coefficient (Wildman–Crippen LogP) is 3.94. The van der Waals surface area contributed by atoms with E-state index in [-0.39, 0.29) is 5.82 Å². The Hall–Kier alpha value is -1.95. The average Bonchev–Trinajstić information content (AvgIpc) is 3.02. The van der Waals surface area contributed by atoms with Crippen LogP contribution in [0.1, 0.15) is 11.5 Å². The highest BCUT2D eigenvalue weighted by Crippen LogP contribution is 2.22. The summed E-state index contributed by atoms with van der Waals surface area (Å²) in [4.78, 5) is 9.07. The first-order valence-corrected chi connectivity index (χ1v) is 8.79. The molecule has 1 aliphatic heterocycles. The predicted molar refractivity (Wildman–Crippen MR) is 96.0 cm³/mol. The van der Waals surface area contributed by atoms with E-state index < -0.39 is 0 Å². The molecule has 0 spiro atoms. The highest BCUT2D eigenvalue weighted by atomic mass is 35.5. The molecule has 0 saturated carbocycles. The molecule has 25 heavy (non-hydrogen) atoms. The number of fused-ring (bicyclic) bond motifs is 1. The number of hydrogen-bond acceptors (Lipinski definition) is 4. The molecule has 2 aromatic carbocycles. The van der Waals surface area contributed by atoms with Gasteiger partial charge in [0.15, 0.2) is 5.58 Å². The van der Waals surface area contributed by atoms with Gasteiger partial charge in [0, 0.05) is 43.3 Å². The molecule has 0 aliphatic carbocycles. The van der Waals surface area contributed by atoms with Crippen LogP contribution in [-0.2, 0) is 13.1 Å². The van der Waals surface area contributed by atoms with Gasteiger partial charge < -0.3 is 4.42 Å². The summed E-state index contributed by atoms with van der Waals surface area (Å²) in [6.45, 7) is 4.76. The maximum absolute atomic E-state index is 13.9. The quantitative estimate of drug-likeness (QED) is 0.706. The van der Waals surface area contributed by atoms with Crippen molar-refractivity contribution >= 4 is 22.7 Å². The van der Waals surface area contributed by atoms with Gasteiger partial charge in [-0.25, -0.2) is 9.37 Å². The zero-order chi connectivity index (χ0) is 17.2. The van der Waals surface area contributed by atoms with Crippen LogP contribution in [0.5, 0.6) is 0 Å². The van der Waals surface area contributed by atoms with E-state index in [2.05, 4.69) is 14.8 Å². The van der Waals surface area contributed by atoms with Crippen LogP contribution in [0.3, 0.4) is 0 Å². The largest absolute Gasteiger partial charge is 0.439 e. The SMILES string of the molecule is Fc1cccc(Cl)c1CN1CCN(Cc2nc3ccccc3o2)CC1. The minimum absolute atomic E-state index is 0.235. The number of rotatable bonds is 4. The van der Waals surface area contributed by atoms with Crippen LogP contribution in [0, 0.1) is 5.82 Å². The molecule has 4 rings (SSSR count). The summed E-state index contributed by atoms with van der Waals surface area (Å²) >= 11 is 6.13. The van der Waals surface area contributed by atoms with Crippen LogP contribution in [0.25, 0.3) is 11.1 Å². The van der Waals surface area contributed by atoms with E-state index >= 15 is 0 Å². The maximum Gasteiger partial charge on any atom is 0.209 e. The third-order valence-corrected chi connectivity index (χ3v) is 4.96. The number of para-hydroxylation sites is 2. The van der Waals surface area contributed by atoms with Crippen molar-refractivity contribution in [1.29, 1.82) is 0 Å². The lowest BCUT2D eigenvalue weighted by Gasteiger charge is -2.34. The average molecular weight is 360 g/mol. The fourth-order valence-electron chi connectivity index (χ4n) is 3.19. The molecule has 6 heteroatoms. The second kappa shape index (κ2) is 7.12. The number of oxazole rings is 1. The first kappa shape index (κ1) is 16.5. The molecule has 1 fully saturated rings. The Morgan fingerprint density at radius 3 is 2.40 bits per heavy atom. The Morgan fingerprint density at radius 1 is 0.960 bits per heavy atom. The van der Waals surface area contributed by atoms with E-state index in [0.717, 1.165) is 43.2 Å². The number of aromatic nitrogens is 1. The van der Waals surface area contributed by atoms with Crippen LogP contribution in [0.15, 0.2) is 46.9 Å². The fraction of sp³-hybridized carbons (Fsp3) is 0.316. The number of hydrogen-bond donors (Lipinski definition) is 0. The summed E-state index contributed by atoms with van der Waals surface area (Å²) in [6, 6.07) is 12.6. The van der Waals surface area contributed by atoms with Crippen molar-refractivity contribution in [3.63, 3.8) is 0 Å². The van der Waals surface area contributed by atoms with E-state index in [4.69, 9.17) is 16.0 Å². The minimum atomic E-state index is -0.235. The molecule has 1 aliphatic rings. The van der Waals surface area contributed by atoms with Crippen LogP contribution in [-0.4, -0.2) is 41.0 Å². The fourth-order valence-corrected chi connectivity index (χ4v) is 3.41. The van der Waals surface area contributed by atoms with Crippen molar-refractivity contribution in [3.05, 3.63) is 64.8 Å². The van der Waals surface area contributed by atoms with Crippen LogP contribution >= 0.6 is 11.6 Å². The number of piperazine rings is 1. The minimum Gasteiger partial charge on any atom is -0.439 e. The van der Waals surface area contributed by atoms with Crippen LogP contribution in [0.4, 0.5) is 4.39 Å². The Morgan fingerprint density at radius 2 is 1.68 bits per heavy atom. The lowest BCUT2D eigenvalue weighted by atomic mass is 10.2. The van der Waals surface area contributed by atoms with E-state index in [1.807, 2.05) is 24.3 Å². The van der Waals surface area contributed by atoms with Gasteiger partial charge in [0.25, 0.3) is 0 Å². The maximum atomic E-state index is 13.9. The summed E-state index contributed by atoms with van der Waals surface area (Å²) in [5, 5.41) is 0.494. The molecule has 1 aromatic heterocycles. The van der Waals surface area contributed by atoms with E-state index in [1.54, 1.807) is 12.1 Å². The van der Waals surface area contributed by atoms with Crippen molar-refractivity contribution < 1.29 is 8.81 Å². The molecule has 2 heterocycles. The number of halogens is 2. The van der Waals surface area contributed by atoms with Crippen LogP contribution in [0.2, 0.25) is 5.02 Å². The van der Waals surface area contributed by atoms with Gasteiger partial charge in [-0.05, 0) is 24.3 Å². The van der Waals surface area contributed by atoms with Crippen molar-refractivity contribution in [2.75, 3.05) is 26.2 Å². The molecule has 0 N–H and O–H groups in total. The summed E-state index contributed by atoms with van der Waals surface area (Å²) in [6.07, 6.45) is 0. The van der Waals surface area contributed by atoms with Crippen molar-refractivity contribution in [3.8, 4) is 0 Å². The molecule has 0 atom stereocenters. The van der Waals surface area contributed by atoms with Gasteiger partial charge in [0.05, 0.1) is 6.54 Å². The number of benzene rings is 2. The second-order valence-electron chi connectivity index (χ2n) is 6.33. The molecule has 0 bridgehead atoms. The Bertz CT molecular complexity index is 821. The molecular formula is C19H19ClFN3O. The topological polar surface area (TPSA) is 32.5 Å². The smallest absolute Gasteiger partial charge is 0.209 e. The zero-order valence-corrected chi connectivity index (χ0v) is 14.5. The zero-order valence-electron chi connectivity index (χ0n) is 13.8. The molecule has 0 amide bonds. The standard InChI is InChI=1S/C19H19ClFN3O/c20-15-4-3-5-16(21)14(15)12-23-8-10-24(11-9-23)13-19-22-17-6-1-2-7-18(17)25-19/h1-7H,8-13H2. The van der Waals surface area contributed by atoms with Crippen molar-refractivity contribution in [2.24, 2.45) is 0 Å². The summed E-state index contributed by atoms with van der Waals surface area (Å²) in [5.74, 6) is 0.508. The normalized spacial score (nSPS) is 16.6. The highest BCUT2D eigenvalue weighted by Gasteiger charge is 2.20.